The molecule has 1 amide bonds. The number of pyridine rings is 1. The van der Waals surface area contributed by atoms with Gasteiger partial charge in [0.25, 0.3) is 12.3 Å². The minimum Gasteiger partial charge on any atom is -0.369 e. The van der Waals surface area contributed by atoms with Crippen molar-refractivity contribution in [2.45, 2.75) is 12.0 Å². The fraction of sp³-hybridized carbons (Fsp3) is 0.136. The Bertz CT molecular complexity index is 1260. The molecular formula is C22H15F5N4O. The Morgan fingerprint density at radius 2 is 1.69 bits per heavy atom. The number of hydrogen-bond donors (Lipinski definition) is 1. The maximum Gasteiger partial charge on any atom is 0.280 e. The van der Waals surface area contributed by atoms with Gasteiger partial charge in [0.2, 0.25) is 0 Å². The van der Waals surface area contributed by atoms with Crippen molar-refractivity contribution in [2.75, 3.05) is 7.05 Å². The molecule has 1 unspecified atom stereocenters. The van der Waals surface area contributed by atoms with E-state index in [4.69, 9.17) is 5.73 Å². The molecule has 0 radical (unpaired) electrons. The first-order valence-corrected chi connectivity index (χ1v) is 9.29. The van der Waals surface area contributed by atoms with Crippen LogP contribution in [0, 0.1) is 17.5 Å². The minimum absolute atomic E-state index is 0.0782. The average molecular weight is 446 g/mol. The van der Waals surface area contributed by atoms with Crippen molar-refractivity contribution in [3.63, 3.8) is 0 Å². The fourth-order valence-corrected chi connectivity index (χ4v) is 3.65. The van der Waals surface area contributed by atoms with Crippen molar-refractivity contribution < 1.29 is 26.7 Å². The zero-order valence-electron chi connectivity index (χ0n) is 16.5. The van der Waals surface area contributed by atoms with Crippen molar-refractivity contribution in [2.24, 2.45) is 10.7 Å². The first-order chi connectivity index (χ1) is 15.2. The van der Waals surface area contributed by atoms with Gasteiger partial charge in [0, 0.05) is 24.4 Å². The second-order valence-electron chi connectivity index (χ2n) is 7.11. The van der Waals surface area contributed by atoms with Crippen LogP contribution in [0.2, 0.25) is 0 Å². The lowest BCUT2D eigenvalue weighted by molar-refractivity contribution is -0.129. The van der Waals surface area contributed by atoms with Crippen LogP contribution >= 0.6 is 0 Å². The Labute approximate surface area is 179 Å². The molecule has 32 heavy (non-hydrogen) atoms. The molecule has 0 fully saturated rings. The Hall–Kier alpha value is -3.82. The lowest BCUT2D eigenvalue weighted by atomic mass is 9.81. The number of halogens is 5. The number of likely N-dealkylation sites (N-methyl/N-ethyl adjacent to an activating group) is 1. The molecule has 1 atom stereocenters. The van der Waals surface area contributed by atoms with E-state index in [2.05, 4.69) is 9.98 Å². The second kappa shape index (κ2) is 7.70. The summed E-state index contributed by atoms with van der Waals surface area (Å²) < 4.78 is 70.3. The zero-order valence-corrected chi connectivity index (χ0v) is 16.5. The molecule has 2 aromatic carbocycles. The summed E-state index contributed by atoms with van der Waals surface area (Å²) in [5.74, 6) is -4.58. The lowest BCUT2D eigenvalue weighted by Crippen LogP contribution is -2.41. The topological polar surface area (TPSA) is 71.6 Å². The van der Waals surface area contributed by atoms with E-state index in [9.17, 15) is 26.7 Å². The van der Waals surface area contributed by atoms with Crippen molar-refractivity contribution in [1.29, 1.82) is 0 Å². The Morgan fingerprint density at radius 1 is 0.969 bits per heavy atom. The van der Waals surface area contributed by atoms with Gasteiger partial charge in [-0.15, -0.1) is 0 Å². The van der Waals surface area contributed by atoms with Crippen LogP contribution in [0.25, 0.3) is 11.1 Å². The number of alkyl halides is 2. The molecular weight excluding hydrogens is 431 g/mol. The summed E-state index contributed by atoms with van der Waals surface area (Å²) in [6.45, 7) is 0. The molecule has 10 heteroatoms. The van der Waals surface area contributed by atoms with Gasteiger partial charge < -0.3 is 5.73 Å². The summed E-state index contributed by atoms with van der Waals surface area (Å²) in [4.78, 5) is 22.0. The van der Waals surface area contributed by atoms with Crippen LogP contribution in [0.3, 0.4) is 0 Å². The fourth-order valence-electron chi connectivity index (χ4n) is 3.65. The molecule has 5 nitrogen and oxygen atoms in total. The molecule has 0 aliphatic carbocycles. The third-order valence-corrected chi connectivity index (χ3v) is 5.27. The summed E-state index contributed by atoms with van der Waals surface area (Å²) in [7, 11) is 1.30. The number of nitrogens with zero attached hydrogens (tertiary/aromatic N) is 3. The van der Waals surface area contributed by atoms with Gasteiger partial charge in [0.1, 0.15) is 11.5 Å². The summed E-state index contributed by atoms with van der Waals surface area (Å²) >= 11 is 0. The van der Waals surface area contributed by atoms with Crippen molar-refractivity contribution in [3.8, 4) is 11.1 Å². The highest BCUT2D eigenvalue weighted by atomic mass is 19.3. The number of aliphatic imine (C=N–C) groups is 1. The second-order valence-corrected chi connectivity index (χ2v) is 7.11. The molecule has 2 heterocycles. The first-order valence-electron chi connectivity index (χ1n) is 9.29. The molecule has 4 rings (SSSR count). The first kappa shape index (κ1) is 21.4. The quantitative estimate of drug-likeness (QED) is 0.613. The Morgan fingerprint density at radius 3 is 2.31 bits per heavy atom. The van der Waals surface area contributed by atoms with Crippen molar-refractivity contribution >= 4 is 11.9 Å². The number of hydrogen-bond acceptors (Lipinski definition) is 4. The van der Waals surface area contributed by atoms with Gasteiger partial charge in [-0.05, 0) is 41.5 Å². The van der Waals surface area contributed by atoms with Gasteiger partial charge in [-0.25, -0.2) is 26.9 Å². The molecule has 1 aliphatic rings. The minimum atomic E-state index is -2.96. The van der Waals surface area contributed by atoms with Gasteiger partial charge in [0.15, 0.2) is 23.1 Å². The lowest BCUT2D eigenvalue weighted by Gasteiger charge is -2.27. The number of rotatable bonds is 4. The molecule has 3 aromatic rings. The van der Waals surface area contributed by atoms with Crippen molar-refractivity contribution in [1.82, 2.24) is 9.88 Å². The zero-order chi connectivity index (χ0) is 23.2. The highest BCUT2D eigenvalue weighted by molar-refractivity contribution is 6.09. The van der Waals surface area contributed by atoms with E-state index in [1.54, 1.807) is 0 Å². The molecule has 1 aliphatic heterocycles. The normalized spacial score (nSPS) is 18.4. The van der Waals surface area contributed by atoms with E-state index in [0.717, 1.165) is 35.4 Å². The van der Waals surface area contributed by atoms with E-state index < -0.39 is 46.6 Å². The predicted molar refractivity (Wildman–Crippen MR) is 106 cm³/mol. The molecule has 0 saturated carbocycles. The summed E-state index contributed by atoms with van der Waals surface area (Å²) in [5.41, 5.74) is 2.08. The van der Waals surface area contributed by atoms with Crippen LogP contribution in [0.1, 0.15) is 23.2 Å². The van der Waals surface area contributed by atoms with Crippen LogP contribution in [0.5, 0.6) is 0 Å². The smallest absolute Gasteiger partial charge is 0.280 e. The van der Waals surface area contributed by atoms with E-state index >= 15 is 0 Å². The van der Waals surface area contributed by atoms with Crippen LogP contribution in [-0.2, 0) is 10.3 Å². The summed E-state index contributed by atoms with van der Waals surface area (Å²) in [6, 6.07) is 9.10. The summed E-state index contributed by atoms with van der Waals surface area (Å²) in [5, 5.41) is 0. The number of nitrogens with two attached hydrogens (primary N) is 1. The van der Waals surface area contributed by atoms with Gasteiger partial charge in [-0.2, -0.15) is 0 Å². The van der Waals surface area contributed by atoms with E-state index in [0.29, 0.717) is 0 Å². The molecule has 164 valence electrons. The predicted octanol–water partition coefficient (Wildman–Crippen LogP) is 4.13. The number of carbonyl (C=O) groups excluding carboxylic acids is 1. The molecule has 0 saturated heterocycles. The monoisotopic (exact) mass is 446 g/mol. The average Bonchev–Trinajstić information content (AvgIpc) is 3.01. The molecule has 0 bridgehead atoms. The van der Waals surface area contributed by atoms with Crippen LogP contribution in [0.4, 0.5) is 22.0 Å². The van der Waals surface area contributed by atoms with Gasteiger partial charge in [0.05, 0.1) is 0 Å². The Kier molecular flexibility index (Phi) is 5.15. The van der Waals surface area contributed by atoms with Gasteiger partial charge in [-0.1, -0.05) is 18.2 Å². The van der Waals surface area contributed by atoms with Gasteiger partial charge >= 0.3 is 0 Å². The van der Waals surface area contributed by atoms with Crippen LogP contribution < -0.4 is 5.73 Å². The van der Waals surface area contributed by atoms with Crippen molar-refractivity contribution in [3.05, 3.63) is 89.0 Å². The third-order valence-electron chi connectivity index (χ3n) is 5.27. The molecule has 1 aromatic heterocycles. The van der Waals surface area contributed by atoms with Crippen LogP contribution in [-0.4, -0.2) is 28.8 Å². The number of amides is 1. The standard InChI is InChI=1S/C22H15F5N4O/c1-31-20(32)22(30-21(31)28,11-6-7-29-17(10-11)19(26)27)12-8-14(18(25)16(24)9-12)13-4-2-3-5-15(13)23/h2-10,19H,1H3,(H2,28,30). The number of benzene rings is 2. The van der Waals surface area contributed by atoms with E-state index in [1.165, 1.54) is 31.3 Å². The van der Waals surface area contributed by atoms with Crippen LogP contribution in [0.15, 0.2) is 59.7 Å². The highest BCUT2D eigenvalue weighted by Gasteiger charge is 2.50. The maximum absolute atomic E-state index is 14.7. The largest absolute Gasteiger partial charge is 0.369 e. The molecule has 0 spiro atoms. The number of aromatic nitrogens is 1. The maximum atomic E-state index is 14.7. The van der Waals surface area contributed by atoms with Gasteiger partial charge in [-0.3, -0.25) is 14.7 Å². The summed E-state index contributed by atoms with van der Waals surface area (Å²) in [6.07, 6.45) is -1.91. The Balaban J connectivity index is 2.04. The SMILES string of the molecule is CN1C(=O)C(c2ccnc(C(F)F)c2)(c2cc(F)c(F)c(-c3ccccc3F)c2)N=C1N. The van der Waals surface area contributed by atoms with E-state index in [-0.39, 0.29) is 22.6 Å². The number of guanidine groups is 1. The number of carbonyl (C=O) groups is 1. The highest BCUT2D eigenvalue weighted by Crippen LogP contribution is 2.42. The molecule has 2 N–H and O–H groups in total. The third kappa shape index (κ3) is 3.19. The van der Waals surface area contributed by atoms with E-state index in [1.807, 2.05) is 0 Å².